The van der Waals surface area contributed by atoms with Gasteiger partial charge in [0.2, 0.25) is 0 Å². The van der Waals surface area contributed by atoms with E-state index in [4.69, 9.17) is 27.9 Å². The molecule has 36 heavy (non-hydrogen) atoms. The van der Waals surface area contributed by atoms with E-state index in [0.717, 1.165) is 63.2 Å². The fourth-order valence-electron chi connectivity index (χ4n) is 5.19. The maximum atomic E-state index is 12.7. The number of urea groups is 1. The summed E-state index contributed by atoms with van der Waals surface area (Å²) in [6.07, 6.45) is 4.32. The number of benzene rings is 2. The zero-order chi connectivity index (χ0) is 25.7. The first kappa shape index (κ1) is 27.6. The Bertz CT molecular complexity index is 1040. The molecule has 1 heterocycles. The second kappa shape index (κ2) is 12.9. The molecule has 0 atom stereocenters. The van der Waals surface area contributed by atoms with Gasteiger partial charge in [-0.2, -0.15) is 0 Å². The highest BCUT2D eigenvalue weighted by Gasteiger charge is 2.29. The Kier molecular flexibility index (Phi) is 9.89. The molecule has 196 valence electrons. The molecule has 2 aromatic rings. The molecule has 0 radical (unpaired) electrons. The van der Waals surface area contributed by atoms with Crippen LogP contribution in [0.15, 0.2) is 36.4 Å². The van der Waals surface area contributed by atoms with Gasteiger partial charge in [0.05, 0.1) is 22.5 Å². The van der Waals surface area contributed by atoms with Gasteiger partial charge in [-0.25, -0.2) is 4.79 Å². The zero-order valence-electron chi connectivity index (χ0n) is 20.9. The number of anilines is 2. The molecule has 0 unspecified atom stereocenters. The molecule has 6 nitrogen and oxygen atoms in total. The Morgan fingerprint density at radius 3 is 2.44 bits per heavy atom. The van der Waals surface area contributed by atoms with Crippen LogP contribution in [0.2, 0.25) is 10.0 Å². The molecule has 2 N–H and O–H groups in total. The third kappa shape index (κ3) is 7.11. The Hall–Kier alpha value is -1.42. The summed E-state index contributed by atoms with van der Waals surface area (Å²) in [5, 5.41) is 7.13. The van der Waals surface area contributed by atoms with Crippen LogP contribution in [0.5, 0.6) is 5.75 Å². The second-order valence-electron chi connectivity index (χ2n) is 9.82. The van der Waals surface area contributed by atoms with E-state index in [9.17, 15) is 4.79 Å². The molecule has 2 aromatic carbocycles. The molecule has 1 saturated heterocycles. The van der Waals surface area contributed by atoms with Crippen LogP contribution < -0.4 is 20.3 Å². The number of carbonyl (C=O) groups is 1. The van der Waals surface area contributed by atoms with Crippen molar-refractivity contribution in [1.29, 1.82) is 0 Å². The molecule has 9 heteroatoms. The van der Waals surface area contributed by atoms with Crippen molar-refractivity contribution in [2.75, 3.05) is 36.4 Å². The van der Waals surface area contributed by atoms with Crippen molar-refractivity contribution in [3.05, 3.63) is 52.0 Å². The first-order chi connectivity index (χ1) is 17.3. The van der Waals surface area contributed by atoms with E-state index in [0.29, 0.717) is 26.2 Å². The molecule has 1 saturated carbocycles. The van der Waals surface area contributed by atoms with Crippen molar-refractivity contribution in [3.8, 4) is 5.75 Å². The van der Waals surface area contributed by atoms with Gasteiger partial charge in [-0.15, -0.1) is 0 Å². The third-order valence-electron chi connectivity index (χ3n) is 6.95. The number of para-hydroxylation sites is 2. The number of nitrogens with one attached hydrogen (secondary N) is 2. The average molecular weight is 645 g/mol. The Morgan fingerprint density at radius 2 is 1.78 bits per heavy atom. The molecule has 0 bridgehead atoms. The van der Waals surface area contributed by atoms with Crippen molar-refractivity contribution in [2.24, 2.45) is 0 Å². The van der Waals surface area contributed by atoms with E-state index in [-0.39, 0.29) is 18.2 Å². The van der Waals surface area contributed by atoms with Crippen LogP contribution in [0, 0.1) is 0 Å². The molecule has 2 fully saturated rings. The van der Waals surface area contributed by atoms with Gasteiger partial charge in [0, 0.05) is 47.7 Å². The summed E-state index contributed by atoms with van der Waals surface area (Å²) in [7, 11) is 0. The first-order valence-corrected chi connectivity index (χ1v) is 15.0. The largest absolute Gasteiger partial charge is 0.489 e. The van der Waals surface area contributed by atoms with E-state index in [1.807, 2.05) is 12.1 Å². The van der Waals surface area contributed by atoms with Crippen molar-refractivity contribution < 1.29 is 9.53 Å². The molecule has 2 aliphatic rings. The molecule has 2 amide bonds. The van der Waals surface area contributed by atoms with Gasteiger partial charge < -0.3 is 20.3 Å². The normalized spacial score (nSPS) is 20.9. The summed E-state index contributed by atoms with van der Waals surface area (Å²) in [5.74, 6) is 0.969. The summed E-state index contributed by atoms with van der Waals surface area (Å²) in [6.45, 7) is 8.23. The maximum Gasteiger partial charge on any atom is 0.319 e. The topological polar surface area (TPSA) is 56.8 Å². The van der Waals surface area contributed by atoms with E-state index < -0.39 is 0 Å². The number of hydrogen-bond donors (Lipinski definition) is 2. The number of piperazine rings is 1. The van der Waals surface area contributed by atoms with Gasteiger partial charge in [-0.3, -0.25) is 4.90 Å². The van der Waals surface area contributed by atoms with Crippen LogP contribution >= 0.6 is 45.8 Å². The minimum atomic E-state index is -0.204. The van der Waals surface area contributed by atoms with Gasteiger partial charge in [-0.05, 0) is 69.4 Å². The maximum absolute atomic E-state index is 12.7. The predicted octanol–water partition coefficient (Wildman–Crippen LogP) is 6.97. The van der Waals surface area contributed by atoms with Crippen LogP contribution in [0.4, 0.5) is 16.2 Å². The molecule has 0 spiro atoms. The Morgan fingerprint density at radius 1 is 1.08 bits per heavy atom. The second-order valence-corrected chi connectivity index (χ2v) is 11.4. The summed E-state index contributed by atoms with van der Waals surface area (Å²) in [6, 6.07) is 12.4. The van der Waals surface area contributed by atoms with Gasteiger partial charge in [0.25, 0.3) is 0 Å². The van der Waals surface area contributed by atoms with Gasteiger partial charge in [-0.1, -0.05) is 57.9 Å². The number of alkyl halides is 1. The van der Waals surface area contributed by atoms with Crippen molar-refractivity contribution >= 4 is 63.2 Å². The fourth-order valence-corrected chi connectivity index (χ4v) is 6.38. The summed E-state index contributed by atoms with van der Waals surface area (Å²) in [5.41, 5.74) is 2.75. The number of rotatable bonds is 7. The summed E-state index contributed by atoms with van der Waals surface area (Å²) < 4.78 is 6.75. The van der Waals surface area contributed by atoms with Crippen LogP contribution in [-0.2, 0) is 4.43 Å². The minimum absolute atomic E-state index is 0.162. The van der Waals surface area contributed by atoms with Crippen LogP contribution in [0.1, 0.15) is 45.1 Å². The number of nitrogens with zero attached hydrogens (tertiary/aromatic N) is 2. The fraction of sp³-hybridized carbons (Fsp3) is 0.519. The molecule has 1 aliphatic carbocycles. The number of amides is 2. The molecular weight excluding hydrogens is 610 g/mol. The third-order valence-corrected chi connectivity index (χ3v) is 8.29. The van der Waals surface area contributed by atoms with E-state index in [1.165, 1.54) is 5.69 Å². The number of ether oxygens (including phenoxy) is 1. The van der Waals surface area contributed by atoms with E-state index >= 15 is 0 Å². The van der Waals surface area contributed by atoms with Crippen LogP contribution in [0.25, 0.3) is 0 Å². The molecule has 4 rings (SSSR count). The Labute approximate surface area is 238 Å². The van der Waals surface area contributed by atoms with E-state index in [2.05, 4.69) is 75.1 Å². The van der Waals surface area contributed by atoms with Gasteiger partial charge >= 0.3 is 6.03 Å². The lowest BCUT2D eigenvalue weighted by Gasteiger charge is -2.43. The number of halogens is 3. The molecule has 0 aromatic heterocycles. The van der Waals surface area contributed by atoms with Crippen molar-refractivity contribution in [3.63, 3.8) is 0 Å². The lowest BCUT2D eigenvalue weighted by molar-refractivity contribution is 0.137. The van der Waals surface area contributed by atoms with Crippen LogP contribution in [-0.4, -0.2) is 55.3 Å². The van der Waals surface area contributed by atoms with Crippen molar-refractivity contribution in [1.82, 2.24) is 10.2 Å². The standard InChI is InChI=1S/C27H35Cl2IN4O2/c1-18(2)36-25-6-4-3-5-24(25)34-13-11-33(12-14-34)22-9-7-21(8-10-22)31-27(35)32-26-19(17-30)15-20(28)16-23(26)29/h3-6,15-16,18,21-22H,7-14,17H2,1-2H3,(H2,31,32,35). The Balaban J connectivity index is 1.24. The smallest absolute Gasteiger partial charge is 0.319 e. The predicted molar refractivity (Wildman–Crippen MR) is 158 cm³/mol. The van der Waals surface area contributed by atoms with Gasteiger partial charge in [0.15, 0.2) is 0 Å². The highest BCUT2D eigenvalue weighted by Crippen LogP contribution is 2.33. The lowest BCUT2D eigenvalue weighted by Crippen LogP contribution is -2.52. The number of hydrogen-bond acceptors (Lipinski definition) is 4. The SMILES string of the molecule is CC(C)Oc1ccccc1N1CCN(C2CCC(NC(=O)Nc3c(Cl)cc(Cl)cc3CI)CC2)CC1. The molecular formula is C27H35Cl2IN4O2. The lowest BCUT2D eigenvalue weighted by atomic mass is 9.90. The first-order valence-electron chi connectivity index (χ1n) is 12.7. The number of carbonyl (C=O) groups excluding carboxylic acids is 1. The minimum Gasteiger partial charge on any atom is -0.489 e. The zero-order valence-corrected chi connectivity index (χ0v) is 24.6. The summed E-state index contributed by atoms with van der Waals surface area (Å²) >= 11 is 14.7. The highest BCUT2D eigenvalue weighted by molar-refractivity contribution is 14.1. The van der Waals surface area contributed by atoms with E-state index in [1.54, 1.807) is 6.07 Å². The van der Waals surface area contributed by atoms with Gasteiger partial charge in [0.1, 0.15) is 5.75 Å². The summed E-state index contributed by atoms with van der Waals surface area (Å²) in [4.78, 5) is 17.8. The van der Waals surface area contributed by atoms with Crippen LogP contribution in [0.3, 0.4) is 0 Å². The van der Waals surface area contributed by atoms with Crippen molar-refractivity contribution in [2.45, 2.75) is 62.1 Å². The highest BCUT2D eigenvalue weighted by atomic mass is 127. The quantitative estimate of drug-likeness (QED) is 0.253. The monoisotopic (exact) mass is 644 g/mol. The molecule has 1 aliphatic heterocycles. The average Bonchev–Trinajstić information content (AvgIpc) is 2.86.